The summed E-state index contributed by atoms with van der Waals surface area (Å²) in [6, 6.07) is 2.88. The van der Waals surface area contributed by atoms with Crippen LogP contribution in [0.25, 0.3) is 0 Å². The summed E-state index contributed by atoms with van der Waals surface area (Å²) in [6.07, 6.45) is 0. The predicted octanol–water partition coefficient (Wildman–Crippen LogP) is 3.06. The maximum atomic E-state index is 11.6. The summed E-state index contributed by atoms with van der Waals surface area (Å²) in [7, 11) is 0. The molecule has 1 aromatic carbocycles. The van der Waals surface area contributed by atoms with Crippen molar-refractivity contribution in [3.63, 3.8) is 0 Å². The molecule has 0 bridgehead atoms. The number of amides is 1. The molecular weight excluding hydrogens is 270 g/mol. The van der Waals surface area contributed by atoms with E-state index in [4.69, 9.17) is 40.5 Å². The number of carbonyl (C=O) groups excluding carboxylic acids is 1. The number of carbonyl (C=O) groups is 1. The Morgan fingerprint density at radius 3 is 2.31 bits per heavy atom. The number of nitrogen functional groups attached to an aromatic ring is 1. The van der Waals surface area contributed by atoms with Gasteiger partial charge < -0.3 is 11.1 Å². The van der Waals surface area contributed by atoms with E-state index in [0.717, 1.165) is 0 Å². The molecule has 3 nitrogen and oxygen atoms in total. The summed E-state index contributed by atoms with van der Waals surface area (Å²) in [4.78, 5) is 11.6. The van der Waals surface area contributed by atoms with Gasteiger partial charge in [0.15, 0.2) is 0 Å². The van der Waals surface area contributed by atoms with Crippen molar-refractivity contribution in [1.29, 1.82) is 0 Å². The number of benzene rings is 1. The number of hydrogen-bond acceptors (Lipinski definition) is 2. The van der Waals surface area contributed by atoms with Crippen LogP contribution in [-0.2, 0) is 0 Å². The quantitative estimate of drug-likeness (QED) is 0.836. The second kappa shape index (κ2) is 5.43. The van der Waals surface area contributed by atoms with Crippen LogP contribution in [0.5, 0.6) is 0 Å². The Labute approximate surface area is 108 Å². The first-order valence-corrected chi connectivity index (χ1v) is 5.41. The molecule has 0 saturated heterocycles. The Bertz CT molecular complexity index is 423. The fraction of sp³-hybridized carbons (Fsp3) is 0.100. The van der Waals surface area contributed by atoms with Gasteiger partial charge in [-0.15, -0.1) is 0 Å². The van der Waals surface area contributed by atoms with Gasteiger partial charge in [-0.1, -0.05) is 41.4 Å². The lowest BCUT2D eigenvalue weighted by Gasteiger charge is -2.07. The lowest BCUT2D eigenvalue weighted by Crippen LogP contribution is -2.24. The minimum absolute atomic E-state index is 0.181. The SMILES string of the molecule is C=C(Cl)CNC(=O)c1cc(Cl)c(N)c(Cl)c1. The second-order valence-corrected chi connectivity index (χ2v) is 4.40. The minimum atomic E-state index is -0.342. The van der Waals surface area contributed by atoms with Crippen molar-refractivity contribution < 1.29 is 4.79 Å². The lowest BCUT2D eigenvalue weighted by molar-refractivity contribution is 0.0957. The number of nitrogens with one attached hydrogen (secondary N) is 1. The number of nitrogens with two attached hydrogens (primary N) is 1. The van der Waals surface area contributed by atoms with Gasteiger partial charge in [-0.2, -0.15) is 0 Å². The summed E-state index contributed by atoms with van der Waals surface area (Å²) in [5.41, 5.74) is 6.12. The van der Waals surface area contributed by atoms with Crippen LogP contribution in [0.1, 0.15) is 10.4 Å². The molecule has 0 aliphatic carbocycles. The fourth-order valence-corrected chi connectivity index (χ4v) is 1.55. The molecule has 1 amide bonds. The molecule has 0 spiro atoms. The van der Waals surface area contributed by atoms with Crippen LogP contribution in [-0.4, -0.2) is 12.5 Å². The molecule has 86 valence electrons. The highest BCUT2D eigenvalue weighted by atomic mass is 35.5. The van der Waals surface area contributed by atoms with Crippen LogP contribution in [0, 0.1) is 0 Å². The van der Waals surface area contributed by atoms with Crippen LogP contribution in [0.3, 0.4) is 0 Å². The van der Waals surface area contributed by atoms with E-state index in [-0.39, 0.29) is 28.2 Å². The topological polar surface area (TPSA) is 55.1 Å². The Morgan fingerprint density at radius 2 is 1.88 bits per heavy atom. The molecule has 0 aliphatic rings. The third-order valence-corrected chi connectivity index (χ3v) is 2.54. The van der Waals surface area contributed by atoms with Crippen LogP contribution < -0.4 is 11.1 Å². The standard InChI is InChI=1S/C10H9Cl3N2O/c1-5(11)4-15-10(16)6-2-7(12)9(14)8(13)3-6/h2-3H,1,4,14H2,(H,15,16). The van der Waals surface area contributed by atoms with Crippen LogP contribution in [0.2, 0.25) is 10.0 Å². The summed E-state index contributed by atoms with van der Waals surface area (Å²) in [5, 5.41) is 3.35. The van der Waals surface area contributed by atoms with Crippen molar-refractivity contribution in [3.05, 3.63) is 39.4 Å². The molecule has 0 radical (unpaired) electrons. The van der Waals surface area contributed by atoms with Gasteiger partial charge in [0, 0.05) is 10.6 Å². The van der Waals surface area contributed by atoms with Crippen molar-refractivity contribution in [1.82, 2.24) is 5.32 Å². The summed E-state index contributed by atoms with van der Waals surface area (Å²) in [6.45, 7) is 3.63. The van der Waals surface area contributed by atoms with Gasteiger partial charge in [0.1, 0.15) is 0 Å². The van der Waals surface area contributed by atoms with E-state index in [1.807, 2.05) is 0 Å². The molecule has 1 aromatic rings. The van der Waals surface area contributed by atoms with E-state index in [0.29, 0.717) is 10.6 Å². The lowest BCUT2D eigenvalue weighted by atomic mass is 10.2. The van der Waals surface area contributed by atoms with Gasteiger partial charge in [-0.3, -0.25) is 4.79 Å². The van der Waals surface area contributed by atoms with Gasteiger partial charge in [0.2, 0.25) is 0 Å². The van der Waals surface area contributed by atoms with E-state index in [1.54, 1.807) is 0 Å². The number of anilines is 1. The van der Waals surface area contributed by atoms with Gasteiger partial charge in [0.25, 0.3) is 5.91 Å². The third kappa shape index (κ3) is 3.30. The van der Waals surface area contributed by atoms with Gasteiger partial charge in [-0.25, -0.2) is 0 Å². The summed E-state index contributed by atoms with van der Waals surface area (Å²) < 4.78 is 0. The Morgan fingerprint density at radius 1 is 1.38 bits per heavy atom. The average Bonchev–Trinajstić information content (AvgIpc) is 2.21. The molecule has 0 fully saturated rings. The molecule has 0 atom stereocenters. The molecular formula is C10H9Cl3N2O. The molecule has 0 saturated carbocycles. The maximum absolute atomic E-state index is 11.6. The largest absolute Gasteiger partial charge is 0.396 e. The Balaban J connectivity index is 2.88. The zero-order valence-corrected chi connectivity index (χ0v) is 10.5. The smallest absolute Gasteiger partial charge is 0.251 e. The van der Waals surface area contributed by atoms with Crippen molar-refractivity contribution >= 4 is 46.4 Å². The molecule has 0 aliphatic heterocycles. The summed E-state index contributed by atoms with van der Waals surface area (Å²) >= 11 is 17.1. The highest BCUT2D eigenvalue weighted by Gasteiger charge is 2.10. The molecule has 1 rings (SSSR count). The number of rotatable bonds is 3. The van der Waals surface area contributed by atoms with Crippen LogP contribution >= 0.6 is 34.8 Å². The Hall–Kier alpha value is -0.900. The molecule has 3 N–H and O–H groups in total. The van der Waals surface area contributed by atoms with Crippen molar-refractivity contribution in [2.75, 3.05) is 12.3 Å². The van der Waals surface area contributed by atoms with E-state index in [9.17, 15) is 4.79 Å². The van der Waals surface area contributed by atoms with Gasteiger partial charge in [0.05, 0.1) is 22.3 Å². The molecule has 6 heteroatoms. The first kappa shape index (κ1) is 13.2. The molecule has 0 unspecified atom stereocenters. The normalized spacial score (nSPS) is 9.94. The van der Waals surface area contributed by atoms with Gasteiger partial charge >= 0.3 is 0 Å². The van der Waals surface area contributed by atoms with E-state index >= 15 is 0 Å². The van der Waals surface area contributed by atoms with E-state index in [1.165, 1.54) is 12.1 Å². The first-order chi connectivity index (χ1) is 7.41. The molecule has 0 aromatic heterocycles. The monoisotopic (exact) mass is 278 g/mol. The van der Waals surface area contributed by atoms with Crippen LogP contribution in [0.4, 0.5) is 5.69 Å². The van der Waals surface area contributed by atoms with Crippen molar-refractivity contribution in [3.8, 4) is 0 Å². The minimum Gasteiger partial charge on any atom is -0.396 e. The Kier molecular flexibility index (Phi) is 4.47. The second-order valence-electron chi connectivity index (χ2n) is 3.05. The number of halogens is 3. The van der Waals surface area contributed by atoms with Crippen molar-refractivity contribution in [2.45, 2.75) is 0 Å². The third-order valence-electron chi connectivity index (χ3n) is 1.78. The average molecular weight is 280 g/mol. The summed E-state index contributed by atoms with van der Waals surface area (Å²) in [5.74, 6) is -0.342. The van der Waals surface area contributed by atoms with Gasteiger partial charge in [-0.05, 0) is 12.1 Å². The zero-order valence-electron chi connectivity index (χ0n) is 8.19. The maximum Gasteiger partial charge on any atom is 0.251 e. The molecule has 0 heterocycles. The van der Waals surface area contributed by atoms with Crippen LogP contribution in [0.15, 0.2) is 23.7 Å². The fourth-order valence-electron chi connectivity index (χ4n) is 0.994. The number of hydrogen-bond donors (Lipinski definition) is 2. The first-order valence-electron chi connectivity index (χ1n) is 4.28. The highest BCUT2D eigenvalue weighted by Crippen LogP contribution is 2.28. The predicted molar refractivity (Wildman–Crippen MR) is 68.2 cm³/mol. The zero-order chi connectivity index (χ0) is 12.3. The van der Waals surface area contributed by atoms with Crippen molar-refractivity contribution in [2.24, 2.45) is 0 Å². The van der Waals surface area contributed by atoms with E-state index in [2.05, 4.69) is 11.9 Å². The highest BCUT2D eigenvalue weighted by molar-refractivity contribution is 6.39. The van der Waals surface area contributed by atoms with E-state index < -0.39 is 0 Å². The molecule has 16 heavy (non-hydrogen) atoms.